The molecule has 1 N–H and O–H groups in total. The molecule has 3 aromatic carbocycles. The number of hydrogen-bond acceptors (Lipinski definition) is 5. The summed E-state index contributed by atoms with van der Waals surface area (Å²) in [6.07, 6.45) is 2.70. The number of nitrogens with zero attached hydrogens (tertiary/aromatic N) is 3. The first-order valence-corrected chi connectivity index (χ1v) is 11.2. The summed E-state index contributed by atoms with van der Waals surface area (Å²) in [4.78, 5) is 4.98. The number of rotatable bonds is 8. The van der Waals surface area contributed by atoms with Crippen LogP contribution in [-0.4, -0.2) is 35.4 Å². The topological polar surface area (TPSA) is 60.7 Å². The van der Waals surface area contributed by atoms with Crippen LogP contribution in [0.1, 0.15) is 5.56 Å². The number of ether oxygens (including phenoxy) is 2. The molecule has 0 aliphatic carbocycles. The Morgan fingerprint density at radius 2 is 1.50 bits per heavy atom. The fourth-order valence-corrected chi connectivity index (χ4v) is 4.04. The van der Waals surface area contributed by atoms with Crippen molar-refractivity contribution in [2.24, 2.45) is 0 Å². The average molecular weight is 451 g/mol. The number of aromatic nitrogens is 3. The van der Waals surface area contributed by atoms with Crippen molar-refractivity contribution in [3.05, 3.63) is 96.7 Å². The Kier molecular flexibility index (Phi) is 6.12. The van der Waals surface area contributed by atoms with E-state index in [1.807, 2.05) is 59.2 Å². The zero-order chi connectivity index (χ0) is 23.3. The van der Waals surface area contributed by atoms with E-state index in [4.69, 9.17) is 14.5 Å². The smallest absolute Gasteiger partial charge is 0.165 e. The Morgan fingerprint density at radius 1 is 0.794 bits per heavy atom. The van der Waals surface area contributed by atoms with Gasteiger partial charge < -0.3 is 14.8 Å². The molecule has 34 heavy (non-hydrogen) atoms. The Hall–Kier alpha value is -4.32. The van der Waals surface area contributed by atoms with E-state index in [1.54, 1.807) is 14.2 Å². The van der Waals surface area contributed by atoms with Gasteiger partial charge in [-0.05, 0) is 29.7 Å². The van der Waals surface area contributed by atoms with E-state index in [0.717, 1.165) is 63.9 Å². The maximum absolute atomic E-state index is 5.44. The van der Waals surface area contributed by atoms with Crippen LogP contribution >= 0.6 is 0 Å². The molecule has 0 saturated heterocycles. The highest BCUT2D eigenvalue weighted by Gasteiger charge is 2.14. The van der Waals surface area contributed by atoms with E-state index in [0.29, 0.717) is 0 Å². The molecule has 0 saturated carbocycles. The third-order valence-electron chi connectivity index (χ3n) is 5.79. The van der Waals surface area contributed by atoms with Gasteiger partial charge in [-0.25, -0.2) is 4.98 Å². The summed E-state index contributed by atoms with van der Waals surface area (Å²) in [7, 11) is 3.30. The molecule has 0 aliphatic heterocycles. The molecule has 0 bridgehead atoms. The van der Waals surface area contributed by atoms with Crippen LogP contribution in [0.3, 0.4) is 0 Å². The van der Waals surface area contributed by atoms with Gasteiger partial charge >= 0.3 is 0 Å². The van der Waals surface area contributed by atoms with E-state index < -0.39 is 0 Å². The van der Waals surface area contributed by atoms with Crippen molar-refractivity contribution in [3.8, 4) is 33.9 Å². The summed E-state index contributed by atoms with van der Waals surface area (Å²) in [6, 6.07) is 28.5. The van der Waals surface area contributed by atoms with E-state index in [1.165, 1.54) is 0 Å². The average Bonchev–Trinajstić information content (AvgIpc) is 3.34. The molecule has 0 spiro atoms. The van der Waals surface area contributed by atoms with Gasteiger partial charge in [-0.2, -0.15) is 9.61 Å². The molecule has 0 unspecified atom stereocenters. The molecule has 0 amide bonds. The number of hydrogen-bond donors (Lipinski definition) is 1. The van der Waals surface area contributed by atoms with E-state index >= 15 is 0 Å². The lowest BCUT2D eigenvalue weighted by Crippen LogP contribution is -2.10. The van der Waals surface area contributed by atoms with Crippen LogP contribution in [0.2, 0.25) is 0 Å². The Morgan fingerprint density at radius 3 is 2.21 bits per heavy atom. The van der Waals surface area contributed by atoms with E-state index in [9.17, 15) is 0 Å². The van der Waals surface area contributed by atoms with Crippen LogP contribution in [-0.2, 0) is 6.42 Å². The van der Waals surface area contributed by atoms with Gasteiger partial charge in [0.2, 0.25) is 0 Å². The molecular formula is C28H26N4O2. The van der Waals surface area contributed by atoms with Crippen molar-refractivity contribution in [2.45, 2.75) is 6.42 Å². The lowest BCUT2D eigenvalue weighted by Gasteiger charge is -2.13. The van der Waals surface area contributed by atoms with Crippen LogP contribution in [0.4, 0.5) is 5.82 Å². The summed E-state index contributed by atoms with van der Waals surface area (Å²) in [5.41, 5.74) is 6.03. The first-order valence-electron chi connectivity index (χ1n) is 11.2. The molecule has 2 aromatic heterocycles. The van der Waals surface area contributed by atoms with Gasteiger partial charge in [0.1, 0.15) is 5.82 Å². The van der Waals surface area contributed by atoms with Crippen molar-refractivity contribution < 1.29 is 9.47 Å². The normalized spacial score (nSPS) is 10.9. The third-order valence-corrected chi connectivity index (χ3v) is 5.79. The first kappa shape index (κ1) is 21.5. The lowest BCUT2D eigenvalue weighted by molar-refractivity contribution is 0.354. The Bertz CT molecular complexity index is 1400. The SMILES string of the molecule is COc1ccc(CCNc2cc(-c3ccccc3)nc3c(-c4ccccc4)cnn23)cc1OC. The number of fused-ring (bicyclic) bond motifs is 1. The quantitative estimate of drug-likeness (QED) is 0.327. The van der Waals surface area contributed by atoms with Crippen molar-refractivity contribution in [3.63, 3.8) is 0 Å². The molecule has 170 valence electrons. The molecule has 5 aromatic rings. The van der Waals surface area contributed by atoms with Gasteiger partial charge in [-0.3, -0.25) is 0 Å². The minimum atomic E-state index is 0.726. The van der Waals surface area contributed by atoms with Crippen LogP contribution in [0.15, 0.2) is 91.1 Å². The molecule has 0 fully saturated rings. The van der Waals surface area contributed by atoms with Gasteiger partial charge in [-0.1, -0.05) is 66.7 Å². The van der Waals surface area contributed by atoms with Crippen molar-refractivity contribution in [1.82, 2.24) is 14.6 Å². The third kappa shape index (κ3) is 4.30. The summed E-state index contributed by atoms with van der Waals surface area (Å²) < 4.78 is 12.7. The summed E-state index contributed by atoms with van der Waals surface area (Å²) in [5.74, 6) is 2.36. The number of methoxy groups -OCH3 is 2. The minimum Gasteiger partial charge on any atom is -0.493 e. The van der Waals surface area contributed by atoms with Crippen LogP contribution in [0.5, 0.6) is 11.5 Å². The second-order valence-electron chi connectivity index (χ2n) is 7.92. The lowest BCUT2D eigenvalue weighted by atomic mass is 10.1. The maximum Gasteiger partial charge on any atom is 0.165 e. The largest absolute Gasteiger partial charge is 0.493 e. The van der Waals surface area contributed by atoms with Crippen molar-refractivity contribution >= 4 is 11.5 Å². The highest BCUT2D eigenvalue weighted by molar-refractivity contribution is 5.80. The first-order chi connectivity index (χ1) is 16.8. The van der Waals surface area contributed by atoms with Gasteiger partial charge in [0.05, 0.1) is 26.1 Å². The maximum atomic E-state index is 5.44. The standard InChI is InChI=1S/C28H26N4O2/c1-33-25-14-13-20(17-26(25)34-2)15-16-29-27-18-24(22-11-7-4-8-12-22)31-28-23(19-30-32(27)28)21-9-5-3-6-10-21/h3-14,17-19,29H,15-16H2,1-2H3. The molecule has 5 rings (SSSR count). The Balaban J connectivity index is 1.48. The second-order valence-corrected chi connectivity index (χ2v) is 7.92. The summed E-state index contributed by atoms with van der Waals surface area (Å²) in [5, 5.41) is 8.23. The molecule has 0 aliphatic rings. The molecule has 0 radical (unpaired) electrons. The highest BCUT2D eigenvalue weighted by Crippen LogP contribution is 2.30. The van der Waals surface area contributed by atoms with Crippen LogP contribution < -0.4 is 14.8 Å². The van der Waals surface area contributed by atoms with Gasteiger partial charge in [-0.15, -0.1) is 0 Å². The van der Waals surface area contributed by atoms with Gasteiger partial charge in [0, 0.05) is 23.7 Å². The molecular weight excluding hydrogens is 424 g/mol. The monoisotopic (exact) mass is 450 g/mol. The van der Waals surface area contributed by atoms with Crippen molar-refractivity contribution in [2.75, 3.05) is 26.1 Å². The fraction of sp³-hybridized carbons (Fsp3) is 0.143. The van der Waals surface area contributed by atoms with Crippen LogP contribution in [0, 0.1) is 0 Å². The van der Waals surface area contributed by atoms with Gasteiger partial charge in [0.15, 0.2) is 17.1 Å². The molecule has 2 heterocycles. The zero-order valence-electron chi connectivity index (χ0n) is 19.2. The summed E-state index contributed by atoms with van der Waals surface area (Å²) in [6.45, 7) is 0.726. The minimum absolute atomic E-state index is 0.726. The number of nitrogens with one attached hydrogen (secondary N) is 1. The molecule has 0 atom stereocenters. The fourth-order valence-electron chi connectivity index (χ4n) is 4.04. The summed E-state index contributed by atoms with van der Waals surface area (Å²) >= 11 is 0. The van der Waals surface area contributed by atoms with E-state index in [-0.39, 0.29) is 0 Å². The number of anilines is 1. The van der Waals surface area contributed by atoms with Crippen molar-refractivity contribution in [1.29, 1.82) is 0 Å². The predicted molar refractivity (Wildman–Crippen MR) is 136 cm³/mol. The Labute approximate surface area is 198 Å². The zero-order valence-corrected chi connectivity index (χ0v) is 19.2. The number of benzene rings is 3. The molecule has 6 nitrogen and oxygen atoms in total. The molecule has 6 heteroatoms. The van der Waals surface area contributed by atoms with E-state index in [2.05, 4.69) is 46.8 Å². The second kappa shape index (κ2) is 9.67. The van der Waals surface area contributed by atoms with Crippen LogP contribution in [0.25, 0.3) is 28.0 Å². The highest BCUT2D eigenvalue weighted by atomic mass is 16.5. The van der Waals surface area contributed by atoms with Gasteiger partial charge in [0.25, 0.3) is 0 Å². The predicted octanol–water partition coefficient (Wildman–Crippen LogP) is 5.74.